The Morgan fingerprint density at radius 2 is 1.68 bits per heavy atom. The Kier molecular flexibility index (Phi) is 4.56. The predicted octanol–water partition coefficient (Wildman–Crippen LogP) is 5.47. The lowest BCUT2D eigenvalue weighted by molar-refractivity contribution is 0.415. The van der Waals surface area contributed by atoms with Gasteiger partial charge in [0.2, 0.25) is 0 Å². The van der Waals surface area contributed by atoms with E-state index in [0.717, 1.165) is 5.56 Å². The van der Waals surface area contributed by atoms with Crippen LogP contribution in [0.5, 0.6) is 5.75 Å². The van der Waals surface area contributed by atoms with E-state index < -0.39 is 5.38 Å². The molecule has 0 spiro atoms. The van der Waals surface area contributed by atoms with Crippen LogP contribution < -0.4 is 4.74 Å². The van der Waals surface area contributed by atoms with Crippen molar-refractivity contribution < 1.29 is 9.13 Å². The van der Waals surface area contributed by atoms with Crippen molar-refractivity contribution >= 4 is 34.8 Å². The highest BCUT2D eigenvalue weighted by atomic mass is 35.5. The average Bonchev–Trinajstić information content (AvgIpc) is 2.41. The Bertz CT molecular complexity index is 584. The van der Waals surface area contributed by atoms with Crippen molar-refractivity contribution in [3.05, 3.63) is 63.4 Å². The fourth-order valence-corrected chi connectivity index (χ4v) is 2.60. The van der Waals surface area contributed by atoms with Crippen molar-refractivity contribution in [3.63, 3.8) is 0 Å². The van der Waals surface area contributed by atoms with Crippen LogP contribution in [0.4, 0.5) is 4.39 Å². The Hall–Kier alpha value is -0.960. The van der Waals surface area contributed by atoms with Gasteiger partial charge < -0.3 is 4.74 Å². The summed E-state index contributed by atoms with van der Waals surface area (Å²) < 4.78 is 18.0. The summed E-state index contributed by atoms with van der Waals surface area (Å²) in [4.78, 5) is 0. The van der Waals surface area contributed by atoms with E-state index in [1.165, 1.54) is 19.2 Å². The molecule has 19 heavy (non-hydrogen) atoms. The Morgan fingerprint density at radius 1 is 1.05 bits per heavy atom. The number of halogens is 4. The molecule has 0 aliphatic rings. The summed E-state index contributed by atoms with van der Waals surface area (Å²) in [6.07, 6.45) is 0. The van der Waals surface area contributed by atoms with Gasteiger partial charge in [-0.05, 0) is 29.3 Å². The minimum Gasteiger partial charge on any atom is -0.495 e. The number of hydrogen-bond acceptors (Lipinski definition) is 1. The first-order valence-corrected chi connectivity index (χ1v) is 6.64. The van der Waals surface area contributed by atoms with Crippen LogP contribution in [0.3, 0.4) is 0 Å². The van der Waals surface area contributed by atoms with Crippen molar-refractivity contribution in [1.29, 1.82) is 0 Å². The van der Waals surface area contributed by atoms with Crippen LogP contribution in [0.2, 0.25) is 10.0 Å². The lowest BCUT2D eigenvalue weighted by Crippen LogP contribution is -1.96. The highest BCUT2D eigenvalue weighted by Crippen LogP contribution is 2.39. The van der Waals surface area contributed by atoms with E-state index in [1.807, 2.05) is 0 Å². The van der Waals surface area contributed by atoms with E-state index in [-0.39, 0.29) is 5.82 Å². The minimum absolute atomic E-state index is 0.313. The Balaban J connectivity index is 2.41. The molecule has 0 saturated heterocycles. The van der Waals surface area contributed by atoms with Gasteiger partial charge in [-0.2, -0.15) is 0 Å². The molecule has 5 heteroatoms. The lowest BCUT2D eigenvalue weighted by Gasteiger charge is -2.14. The van der Waals surface area contributed by atoms with Crippen LogP contribution in [-0.2, 0) is 0 Å². The number of methoxy groups -OCH3 is 1. The first-order valence-electron chi connectivity index (χ1n) is 5.45. The van der Waals surface area contributed by atoms with E-state index in [2.05, 4.69) is 0 Å². The van der Waals surface area contributed by atoms with Crippen LogP contribution in [0, 0.1) is 5.82 Å². The molecule has 1 nitrogen and oxygen atoms in total. The molecule has 0 heterocycles. The van der Waals surface area contributed by atoms with E-state index in [9.17, 15) is 4.39 Å². The molecule has 2 aromatic rings. The van der Waals surface area contributed by atoms with E-state index in [0.29, 0.717) is 21.4 Å². The average molecular weight is 320 g/mol. The molecule has 0 saturated carbocycles. The Labute approximate surface area is 125 Å². The SMILES string of the molecule is COc1cc(Cl)c(C(Cl)c2ccc(F)cc2)cc1Cl. The summed E-state index contributed by atoms with van der Waals surface area (Å²) in [6, 6.07) is 9.19. The fraction of sp³-hybridized carbons (Fsp3) is 0.143. The van der Waals surface area contributed by atoms with Crippen molar-refractivity contribution in [2.24, 2.45) is 0 Å². The molecule has 0 bridgehead atoms. The van der Waals surface area contributed by atoms with Crippen LogP contribution in [-0.4, -0.2) is 7.11 Å². The van der Waals surface area contributed by atoms with Crippen molar-refractivity contribution in [3.8, 4) is 5.75 Å². The molecule has 0 aromatic heterocycles. The number of benzene rings is 2. The molecule has 2 aromatic carbocycles. The number of rotatable bonds is 3. The second-order valence-electron chi connectivity index (χ2n) is 3.92. The first kappa shape index (κ1) is 14.4. The normalized spacial score (nSPS) is 12.3. The minimum atomic E-state index is -0.503. The molecular formula is C14H10Cl3FO. The third-order valence-electron chi connectivity index (χ3n) is 2.71. The molecule has 0 fully saturated rings. The highest BCUT2D eigenvalue weighted by molar-refractivity contribution is 6.36. The third kappa shape index (κ3) is 3.14. The summed E-state index contributed by atoms with van der Waals surface area (Å²) in [7, 11) is 1.51. The number of hydrogen-bond donors (Lipinski definition) is 0. The van der Waals surface area contributed by atoms with Gasteiger partial charge in [0.25, 0.3) is 0 Å². The molecule has 0 amide bonds. The van der Waals surface area contributed by atoms with Gasteiger partial charge in [-0.15, -0.1) is 11.6 Å². The van der Waals surface area contributed by atoms with Gasteiger partial charge in [-0.25, -0.2) is 4.39 Å². The maximum atomic E-state index is 12.9. The maximum absolute atomic E-state index is 12.9. The molecule has 2 rings (SSSR count). The topological polar surface area (TPSA) is 9.23 Å². The summed E-state index contributed by atoms with van der Waals surface area (Å²) in [5.74, 6) is 0.171. The number of alkyl halides is 1. The van der Waals surface area contributed by atoms with Crippen molar-refractivity contribution in [2.45, 2.75) is 5.38 Å². The van der Waals surface area contributed by atoms with Gasteiger partial charge in [0.15, 0.2) is 0 Å². The maximum Gasteiger partial charge on any atom is 0.138 e. The number of ether oxygens (including phenoxy) is 1. The summed E-state index contributed by atoms with van der Waals surface area (Å²) in [5, 5.41) is 0.372. The van der Waals surface area contributed by atoms with E-state index >= 15 is 0 Å². The fourth-order valence-electron chi connectivity index (χ4n) is 1.71. The van der Waals surface area contributed by atoms with Gasteiger partial charge in [0, 0.05) is 11.1 Å². The second kappa shape index (κ2) is 6.00. The quantitative estimate of drug-likeness (QED) is 0.682. The van der Waals surface area contributed by atoms with Crippen LogP contribution in [0.25, 0.3) is 0 Å². The molecule has 1 atom stereocenters. The van der Waals surface area contributed by atoms with E-state index in [1.54, 1.807) is 24.3 Å². The Morgan fingerprint density at radius 3 is 2.26 bits per heavy atom. The summed E-state index contributed by atoms with van der Waals surface area (Å²) in [5.41, 5.74) is 1.40. The zero-order valence-electron chi connectivity index (χ0n) is 9.96. The van der Waals surface area contributed by atoms with Gasteiger partial charge >= 0.3 is 0 Å². The molecule has 0 radical (unpaired) electrons. The third-order valence-corrected chi connectivity index (χ3v) is 3.82. The highest BCUT2D eigenvalue weighted by Gasteiger charge is 2.17. The first-order chi connectivity index (χ1) is 9.02. The monoisotopic (exact) mass is 318 g/mol. The van der Waals surface area contributed by atoms with Gasteiger partial charge in [0.05, 0.1) is 17.5 Å². The molecular weight excluding hydrogens is 310 g/mol. The van der Waals surface area contributed by atoms with Gasteiger partial charge in [-0.3, -0.25) is 0 Å². The molecule has 0 aliphatic heterocycles. The van der Waals surface area contributed by atoms with Crippen molar-refractivity contribution in [2.75, 3.05) is 7.11 Å². The largest absolute Gasteiger partial charge is 0.495 e. The zero-order chi connectivity index (χ0) is 14.0. The van der Waals surface area contributed by atoms with Crippen LogP contribution in [0.15, 0.2) is 36.4 Å². The molecule has 1 unspecified atom stereocenters. The van der Waals surface area contributed by atoms with Gasteiger partial charge in [-0.1, -0.05) is 35.3 Å². The van der Waals surface area contributed by atoms with Crippen molar-refractivity contribution in [1.82, 2.24) is 0 Å². The van der Waals surface area contributed by atoms with Crippen LogP contribution >= 0.6 is 34.8 Å². The van der Waals surface area contributed by atoms with E-state index in [4.69, 9.17) is 39.5 Å². The second-order valence-corrected chi connectivity index (χ2v) is 5.17. The molecule has 100 valence electrons. The molecule has 0 aliphatic carbocycles. The summed E-state index contributed by atoms with van der Waals surface area (Å²) in [6.45, 7) is 0. The van der Waals surface area contributed by atoms with Gasteiger partial charge in [0.1, 0.15) is 11.6 Å². The summed E-state index contributed by atoms with van der Waals surface area (Å²) >= 11 is 18.6. The standard InChI is InChI=1S/C14H10Cl3FO/c1-19-13-7-11(15)10(6-12(13)16)14(17)8-2-4-9(18)5-3-8/h2-7,14H,1H3. The zero-order valence-corrected chi connectivity index (χ0v) is 12.2. The predicted molar refractivity (Wildman–Crippen MR) is 77.1 cm³/mol. The smallest absolute Gasteiger partial charge is 0.138 e. The molecule has 0 N–H and O–H groups in total. The lowest BCUT2D eigenvalue weighted by atomic mass is 10.0. The van der Waals surface area contributed by atoms with Crippen LogP contribution in [0.1, 0.15) is 16.5 Å².